The number of hydrogen-bond acceptors (Lipinski definition) is 3. The van der Waals surface area contributed by atoms with Crippen LogP contribution in [0.2, 0.25) is 5.02 Å². The monoisotopic (exact) mass is 294 g/mol. The Morgan fingerprint density at radius 2 is 1.58 bits per heavy atom. The maximum Gasteiger partial charge on any atom is 0.127 e. The van der Waals surface area contributed by atoms with Gasteiger partial charge in [0.25, 0.3) is 0 Å². The van der Waals surface area contributed by atoms with Gasteiger partial charge in [0, 0.05) is 15.2 Å². The second-order valence-corrected chi connectivity index (χ2v) is 6.09. The van der Waals surface area contributed by atoms with E-state index in [-0.39, 0.29) is 11.9 Å². The van der Waals surface area contributed by atoms with Crippen molar-refractivity contribution in [2.75, 3.05) is 6.61 Å². The van der Waals surface area contributed by atoms with Crippen LogP contribution in [-0.2, 0) is 0 Å². The van der Waals surface area contributed by atoms with Gasteiger partial charge in [0.1, 0.15) is 11.5 Å². The van der Waals surface area contributed by atoms with E-state index in [1.807, 2.05) is 43.3 Å². The Labute approximate surface area is 122 Å². The molecule has 0 amide bonds. The van der Waals surface area contributed by atoms with E-state index in [9.17, 15) is 0 Å². The van der Waals surface area contributed by atoms with Gasteiger partial charge in [-0.3, -0.25) is 0 Å². The molecule has 2 aromatic rings. The van der Waals surface area contributed by atoms with Gasteiger partial charge in [0.2, 0.25) is 0 Å². The maximum absolute atomic E-state index is 9.01. The SMILES string of the molecule is CC(CO)Sc1ccc(Oc2ccc(Cl)cc2)cc1. The van der Waals surface area contributed by atoms with Crippen molar-refractivity contribution >= 4 is 23.4 Å². The first-order valence-electron chi connectivity index (χ1n) is 5.98. The van der Waals surface area contributed by atoms with Crippen LogP contribution in [-0.4, -0.2) is 17.0 Å². The van der Waals surface area contributed by atoms with Gasteiger partial charge < -0.3 is 9.84 Å². The molecule has 0 aliphatic carbocycles. The predicted octanol–water partition coefficient (Wildman–Crippen LogP) is 4.61. The molecule has 1 atom stereocenters. The summed E-state index contributed by atoms with van der Waals surface area (Å²) in [4.78, 5) is 1.12. The van der Waals surface area contributed by atoms with E-state index >= 15 is 0 Å². The van der Waals surface area contributed by atoms with Crippen molar-refractivity contribution in [1.29, 1.82) is 0 Å². The van der Waals surface area contributed by atoms with E-state index in [0.29, 0.717) is 5.02 Å². The first-order valence-corrected chi connectivity index (χ1v) is 7.24. The fraction of sp³-hybridized carbons (Fsp3) is 0.200. The van der Waals surface area contributed by atoms with Crippen LogP contribution in [0.15, 0.2) is 53.4 Å². The molecule has 0 bridgehead atoms. The Morgan fingerprint density at radius 1 is 1.05 bits per heavy atom. The fourth-order valence-corrected chi connectivity index (χ4v) is 2.45. The van der Waals surface area contributed by atoms with E-state index in [0.717, 1.165) is 16.4 Å². The molecule has 1 N–H and O–H groups in total. The van der Waals surface area contributed by atoms with Crippen LogP contribution in [0.5, 0.6) is 11.5 Å². The molecule has 0 aliphatic rings. The van der Waals surface area contributed by atoms with Crippen LogP contribution >= 0.6 is 23.4 Å². The molecule has 0 aliphatic heterocycles. The molecule has 2 nitrogen and oxygen atoms in total. The maximum atomic E-state index is 9.01. The van der Waals surface area contributed by atoms with Gasteiger partial charge in [-0.2, -0.15) is 0 Å². The van der Waals surface area contributed by atoms with Crippen LogP contribution in [0.4, 0.5) is 0 Å². The van der Waals surface area contributed by atoms with Crippen LogP contribution in [0, 0.1) is 0 Å². The highest BCUT2D eigenvalue weighted by Crippen LogP contribution is 2.27. The smallest absolute Gasteiger partial charge is 0.127 e. The number of hydrogen-bond donors (Lipinski definition) is 1. The lowest BCUT2D eigenvalue weighted by molar-refractivity contribution is 0.300. The molecule has 0 saturated carbocycles. The summed E-state index contributed by atoms with van der Waals surface area (Å²) >= 11 is 7.46. The van der Waals surface area contributed by atoms with Crippen molar-refractivity contribution in [2.24, 2.45) is 0 Å². The number of aliphatic hydroxyl groups is 1. The van der Waals surface area contributed by atoms with E-state index in [1.165, 1.54) is 0 Å². The Morgan fingerprint density at radius 3 is 2.11 bits per heavy atom. The van der Waals surface area contributed by atoms with Crippen molar-refractivity contribution in [3.05, 3.63) is 53.6 Å². The number of benzene rings is 2. The third kappa shape index (κ3) is 4.46. The Kier molecular flexibility index (Phi) is 5.14. The lowest BCUT2D eigenvalue weighted by Gasteiger charge is -2.09. The molecule has 0 spiro atoms. The highest BCUT2D eigenvalue weighted by Gasteiger charge is 2.03. The molecule has 0 heterocycles. The minimum Gasteiger partial charge on any atom is -0.457 e. The summed E-state index contributed by atoms with van der Waals surface area (Å²) in [6, 6.07) is 15.1. The minimum atomic E-state index is 0.174. The van der Waals surface area contributed by atoms with Gasteiger partial charge in [-0.05, 0) is 48.5 Å². The van der Waals surface area contributed by atoms with Gasteiger partial charge in [0.15, 0.2) is 0 Å². The van der Waals surface area contributed by atoms with E-state index in [4.69, 9.17) is 21.4 Å². The molecule has 19 heavy (non-hydrogen) atoms. The third-order valence-electron chi connectivity index (χ3n) is 2.47. The molecule has 0 fully saturated rings. The van der Waals surface area contributed by atoms with Crippen LogP contribution in [0.1, 0.15) is 6.92 Å². The van der Waals surface area contributed by atoms with Crippen LogP contribution in [0.25, 0.3) is 0 Å². The third-order valence-corrected chi connectivity index (χ3v) is 3.82. The molecule has 4 heteroatoms. The molecular weight excluding hydrogens is 280 g/mol. The summed E-state index contributed by atoms with van der Waals surface area (Å²) in [5.41, 5.74) is 0. The van der Waals surface area contributed by atoms with Crippen molar-refractivity contribution < 1.29 is 9.84 Å². The van der Waals surface area contributed by atoms with Gasteiger partial charge in [-0.15, -0.1) is 11.8 Å². The average molecular weight is 295 g/mol. The predicted molar refractivity (Wildman–Crippen MR) is 80.4 cm³/mol. The molecule has 1 unspecified atom stereocenters. The van der Waals surface area contributed by atoms with E-state index < -0.39 is 0 Å². The highest BCUT2D eigenvalue weighted by atomic mass is 35.5. The van der Waals surface area contributed by atoms with Gasteiger partial charge in [-0.25, -0.2) is 0 Å². The normalized spacial score (nSPS) is 12.2. The van der Waals surface area contributed by atoms with Crippen molar-refractivity contribution in [3.8, 4) is 11.5 Å². The number of rotatable bonds is 5. The number of aliphatic hydroxyl groups excluding tert-OH is 1. The van der Waals surface area contributed by atoms with Gasteiger partial charge in [-0.1, -0.05) is 18.5 Å². The summed E-state index contributed by atoms with van der Waals surface area (Å²) in [5, 5.41) is 9.90. The second-order valence-electron chi connectivity index (χ2n) is 4.14. The fourth-order valence-electron chi connectivity index (χ4n) is 1.49. The first kappa shape index (κ1) is 14.3. The lowest BCUT2D eigenvalue weighted by atomic mass is 10.3. The molecule has 0 saturated heterocycles. The van der Waals surface area contributed by atoms with Crippen LogP contribution in [0.3, 0.4) is 0 Å². The number of thioether (sulfide) groups is 1. The topological polar surface area (TPSA) is 29.5 Å². The Hall–Kier alpha value is -1.16. The molecular formula is C15H15ClO2S. The summed E-state index contributed by atoms with van der Waals surface area (Å²) in [6.07, 6.45) is 0. The van der Waals surface area contributed by atoms with Crippen molar-refractivity contribution in [2.45, 2.75) is 17.1 Å². The standard InChI is InChI=1S/C15H15ClO2S/c1-11(10-17)19-15-8-6-14(7-9-15)18-13-4-2-12(16)3-5-13/h2-9,11,17H,10H2,1H3. The van der Waals surface area contributed by atoms with Crippen molar-refractivity contribution in [1.82, 2.24) is 0 Å². The molecule has 0 aromatic heterocycles. The zero-order valence-electron chi connectivity index (χ0n) is 10.5. The summed E-state index contributed by atoms with van der Waals surface area (Å²) in [6.45, 7) is 2.16. The number of halogens is 1. The minimum absolute atomic E-state index is 0.174. The summed E-state index contributed by atoms with van der Waals surface area (Å²) in [5.74, 6) is 1.54. The summed E-state index contributed by atoms with van der Waals surface area (Å²) < 4.78 is 5.70. The van der Waals surface area contributed by atoms with Crippen LogP contribution < -0.4 is 4.74 Å². The quantitative estimate of drug-likeness (QED) is 0.817. The zero-order valence-corrected chi connectivity index (χ0v) is 12.1. The van der Waals surface area contributed by atoms with Gasteiger partial charge in [0.05, 0.1) is 6.61 Å². The molecule has 2 aromatic carbocycles. The molecule has 2 rings (SSSR count). The molecule has 0 radical (unpaired) electrons. The van der Waals surface area contributed by atoms with E-state index in [1.54, 1.807) is 23.9 Å². The first-order chi connectivity index (χ1) is 9.17. The van der Waals surface area contributed by atoms with Crippen molar-refractivity contribution in [3.63, 3.8) is 0 Å². The zero-order chi connectivity index (χ0) is 13.7. The largest absolute Gasteiger partial charge is 0.457 e. The molecule has 100 valence electrons. The highest BCUT2D eigenvalue weighted by molar-refractivity contribution is 8.00. The second kappa shape index (κ2) is 6.85. The average Bonchev–Trinajstić information content (AvgIpc) is 2.43. The summed E-state index contributed by atoms with van der Waals surface area (Å²) in [7, 11) is 0. The van der Waals surface area contributed by atoms with Gasteiger partial charge >= 0.3 is 0 Å². The Bertz CT molecular complexity index is 511. The number of ether oxygens (including phenoxy) is 1. The lowest BCUT2D eigenvalue weighted by Crippen LogP contribution is -2.01. The Balaban J connectivity index is 2.00. The van der Waals surface area contributed by atoms with E-state index in [2.05, 4.69) is 0 Å².